The first-order valence-corrected chi connectivity index (χ1v) is 12.2. The fourth-order valence-electron chi connectivity index (χ4n) is 4.79. The number of benzene rings is 1. The number of nitrogen functional groups attached to an aromatic ring is 1. The van der Waals surface area contributed by atoms with Gasteiger partial charge in [-0.25, -0.2) is 18.7 Å². The number of rotatable bonds is 6. The van der Waals surface area contributed by atoms with Crippen LogP contribution in [0.15, 0.2) is 33.9 Å². The van der Waals surface area contributed by atoms with E-state index in [1.165, 1.54) is 13.6 Å². The fraction of sp³-hybridized carbons (Fsp3) is 0.478. The van der Waals surface area contributed by atoms with Crippen LogP contribution in [-0.2, 0) is 20.1 Å². The van der Waals surface area contributed by atoms with Crippen LogP contribution < -0.4 is 17.1 Å². The standard InChI is InChI=1S/C23H30ClN9O2/c1-15(2)30-10-7-29(8-11-30)9-12-31-19-18(28(3)22(31)34)20-27-32(23(35)33(20)21(25)26-19)14-16-5-4-6-17(24)13-16/h4-6,13,15H,7-12,14H2,1-3H3,(H2,25,26). The molecule has 3 aromatic heterocycles. The number of aryl methyl sites for hydroxylation is 1. The third kappa shape index (κ3) is 4.24. The molecule has 35 heavy (non-hydrogen) atoms. The highest BCUT2D eigenvalue weighted by molar-refractivity contribution is 6.30. The number of aromatic nitrogens is 6. The minimum absolute atomic E-state index is 0.000239. The molecule has 2 N–H and O–H groups in total. The number of fused-ring (bicyclic) bond motifs is 3. The largest absolute Gasteiger partial charge is 0.369 e. The zero-order valence-corrected chi connectivity index (χ0v) is 20.9. The van der Waals surface area contributed by atoms with Gasteiger partial charge in [0.2, 0.25) is 5.95 Å². The average Bonchev–Trinajstić information content (AvgIpc) is 3.26. The van der Waals surface area contributed by atoms with E-state index in [-0.39, 0.29) is 18.2 Å². The molecule has 0 spiro atoms. The van der Waals surface area contributed by atoms with Crippen molar-refractivity contribution in [1.29, 1.82) is 0 Å². The van der Waals surface area contributed by atoms with Crippen LogP contribution in [0.2, 0.25) is 5.02 Å². The molecule has 0 aliphatic carbocycles. The molecule has 0 bridgehead atoms. The molecular weight excluding hydrogens is 470 g/mol. The van der Waals surface area contributed by atoms with Crippen LogP contribution in [0.4, 0.5) is 5.95 Å². The van der Waals surface area contributed by atoms with Crippen molar-refractivity contribution >= 4 is 34.4 Å². The second kappa shape index (κ2) is 9.14. The summed E-state index contributed by atoms with van der Waals surface area (Å²) < 4.78 is 5.68. The molecule has 1 aliphatic rings. The van der Waals surface area contributed by atoms with Crippen LogP contribution in [0.25, 0.3) is 16.8 Å². The Labute approximate surface area is 206 Å². The molecular formula is C23H30ClN9O2. The van der Waals surface area contributed by atoms with Crippen LogP contribution in [0.5, 0.6) is 0 Å². The number of nitrogens with two attached hydrogens (primary N) is 1. The van der Waals surface area contributed by atoms with Crippen molar-refractivity contribution < 1.29 is 0 Å². The molecule has 1 aliphatic heterocycles. The van der Waals surface area contributed by atoms with E-state index in [0.717, 1.165) is 38.3 Å². The first-order valence-electron chi connectivity index (χ1n) is 11.8. The average molecular weight is 500 g/mol. The van der Waals surface area contributed by atoms with E-state index in [0.29, 0.717) is 34.4 Å². The van der Waals surface area contributed by atoms with Gasteiger partial charge in [-0.15, -0.1) is 5.10 Å². The van der Waals surface area contributed by atoms with Crippen molar-refractivity contribution in [3.8, 4) is 0 Å². The van der Waals surface area contributed by atoms with Crippen molar-refractivity contribution in [2.75, 3.05) is 38.5 Å². The summed E-state index contributed by atoms with van der Waals surface area (Å²) in [6.07, 6.45) is 0. The molecule has 0 atom stereocenters. The Bertz CT molecular complexity index is 1510. The third-order valence-electron chi connectivity index (χ3n) is 6.82. The Balaban J connectivity index is 1.49. The summed E-state index contributed by atoms with van der Waals surface area (Å²) in [6, 6.07) is 7.77. The minimum atomic E-state index is -0.421. The molecule has 4 aromatic rings. The molecule has 4 heterocycles. The fourth-order valence-corrected chi connectivity index (χ4v) is 5.01. The van der Waals surface area contributed by atoms with Crippen molar-refractivity contribution in [1.82, 2.24) is 38.1 Å². The summed E-state index contributed by atoms with van der Waals surface area (Å²) in [6.45, 7) is 9.80. The highest BCUT2D eigenvalue weighted by Crippen LogP contribution is 2.18. The van der Waals surface area contributed by atoms with Gasteiger partial charge in [-0.2, -0.15) is 4.98 Å². The second-order valence-electron chi connectivity index (χ2n) is 9.34. The van der Waals surface area contributed by atoms with E-state index in [1.54, 1.807) is 23.7 Å². The van der Waals surface area contributed by atoms with Crippen molar-refractivity contribution in [3.63, 3.8) is 0 Å². The summed E-state index contributed by atoms with van der Waals surface area (Å²) in [4.78, 5) is 35.5. The molecule has 0 unspecified atom stereocenters. The summed E-state index contributed by atoms with van der Waals surface area (Å²) in [5.74, 6) is -0.000239. The van der Waals surface area contributed by atoms with Gasteiger partial charge in [-0.3, -0.25) is 18.9 Å². The molecule has 0 radical (unpaired) electrons. The van der Waals surface area contributed by atoms with E-state index >= 15 is 0 Å². The van der Waals surface area contributed by atoms with Gasteiger partial charge in [0.15, 0.2) is 11.3 Å². The maximum atomic E-state index is 13.2. The SMILES string of the molecule is CC(C)N1CCN(CCn2c(=O)n(C)c3c2nc(N)n2c(=O)n(Cc4cccc(Cl)c4)nc32)CC1. The van der Waals surface area contributed by atoms with Crippen LogP contribution in [0.3, 0.4) is 0 Å². The quantitative estimate of drug-likeness (QED) is 0.418. The van der Waals surface area contributed by atoms with Crippen LogP contribution in [0, 0.1) is 0 Å². The Morgan fingerprint density at radius 3 is 2.49 bits per heavy atom. The maximum absolute atomic E-state index is 13.2. The Morgan fingerprint density at radius 2 is 1.80 bits per heavy atom. The van der Waals surface area contributed by atoms with Crippen LogP contribution in [-0.4, -0.2) is 76.9 Å². The van der Waals surface area contributed by atoms with E-state index < -0.39 is 5.69 Å². The van der Waals surface area contributed by atoms with Crippen molar-refractivity contribution in [2.45, 2.75) is 33.0 Å². The van der Waals surface area contributed by atoms with Crippen LogP contribution in [0.1, 0.15) is 19.4 Å². The van der Waals surface area contributed by atoms with Crippen molar-refractivity contribution in [3.05, 3.63) is 55.8 Å². The van der Waals surface area contributed by atoms with Crippen LogP contribution >= 0.6 is 11.6 Å². The smallest absolute Gasteiger partial charge is 0.353 e. The van der Waals surface area contributed by atoms with E-state index in [4.69, 9.17) is 17.3 Å². The highest BCUT2D eigenvalue weighted by atomic mass is 35.5. The normalized spacial score (nSPS) is 15.7. The molecule has 1 fully saturated rings. The monoisotopic (exact) mass is 499 g/mol. The zero-order valence-electron chi connectivity index (χ0n) is 20.2. The van der Waals surface area contributed by atoms with Crippen molar-refractivity contribution in [2.24, 2.45) is 7.05 Å². The maximum Gasteiger partial charge on any atom is 0.353 e. The van der Waals surface area contributed by atoms with Gasteiger partial charge < -0.3 is 5.73 Å². The lowest BCUT2D eigenvalue weighted by molar-refractivity contribution is 0.106. The third-order valence-corrected chi connectivity index (χ3v) is 7.05. The first kappa shape index (κ1) is 23.6. The topological polar surface area (TPSA) is 112 Å². The molecule has 12 heteroatoms. The molecule has 0 saturated carbocycles. The summed E-state index contributed by atoms with van der Waals surface area (Å²) in [5, 5.41) is 5.11. The molecule has 186 valence electrons. The molecule has 5 rings (SSSR count). The van der Waals surface area contributed by atoms with Gasteiger partial charge in [0.05, 0.1) is 6.54 Å². The molecule has 11 nitrogen and oxygen atoms in total. The van der Waals surface area contributed by atoms with Gasteiger partial charge in [0, 0.05) is 57.4 Å². The van der Waals surface area contributed by atoms with E-state index in [2.05, 4.69) is 33.7 Å². The molecule has 1 aromatic carbocycles. The number of piperazine rings is 1. The summed E-state index contributed by atoms with van der Waals surface area (Å²) >= 11 is 6.09. The summed E-state index contributed by atoms with van der Waals surface area (Å²) in [5.41, 5.74) is 7.62. The number of anilines is 1. The van der Waals surface area contributed by atoms with E-state index in [9.17, 15) is 9.59 Å². The Morgan fingerprint density at radius 1 is 1.06 bits per heavy atom. The predicted molar refractivity (Wildman–Crippen MR) is 136 cm³/mol. The summed E-state index contributed by atoms with van der Waals surface area (Å²) in [7, 11) is 1.67. The minimum Gasteiger partial charge on any atom is -0.369 e. The number of halogens is 1. The lowest BCUT2D eigenvalue weighted by Crippen LogP contribution is -2.49. The molecule has 0 amide bonds. The first-order chi connectivity index (χ1) is 16.7. The zero-order chi connectivity index (χ0) is 24.9. The Hall–Kier alpha value is -3.15. The van der Waals surface area contributed by atoms with Gasteiger partial charge in [0.1, 0.15) is 5.52 Å². The number of hydrogen-bond donors (Lipinski definition) is 1. The van der Waals surface area contributed by atoms with E-state index in [1.807, 2.05) is 12.1 Å². The second-order valence-corrected chi connectivity index (χ2v) is 9.77. The van der Waals surface area contributed by atoms with Gasteiger partial charge >= 0.3 is 11.4 Å². The lowest BCUT2D eigenvalue weighted by atomic mass is 10.2. The Kier molecular flexibility index (Phi) is 6.16. The molecule has 1 saturated heterocycles. The highest BCUT2D eigenvalue weighted by Gasteiger charge is 2.23. The van der Waals surface area contributed by atoms with Gasteiger partial charge in [-0.1, -0.05) is 23.7 Å². The number of hydrogen-bond acceptors (Lipinski definition) is 7. The lowest BCUT2D eigenvalue weighted by Gasteiger charge is -2.36. The number of nitrogens with zero attached hydrogens (tertiary/aromatic N) is 8. The van der Waals surface area contributed by atoms with Gasteiger partial charge in [-0.05, 0) is 31.5 Å². The van der Waals surface area contributed by atoms with Gasteiger partial charge in [0.25, 0.3) is 0 Å². The predicted octanol–water partition coefficient (Wildman–Crippen LogP) is 0.854. The number of imidazole rings is 1.